The molecule has 0 bridgehead atoms. The van der Waals surface area contributed by atoms with Crippen molar-refractivity contribution in [2.75, 3.05) is 6.54 Å². The minimum absolute atomic E-state index is 0.166. The molecule has 1 aromatic carbocycles. The molecule has 23 heavy (non-hydrogen) atoms. The summed E-state index contributed by atoms with van der Waals surface area (Å²) < 4.78 is 15.2. The van der Waals surface area contributed by atoms with Crippen molar-refractivity contribution in [1.82, 2.24) is 14.7 Å². The molecule has 2 heterocycles. The molecule has 2 atom stereocenters. The van der Waals surface area contributed by atoms with Gasteiger partial charge in [-0.3, -0.25) is 9.48 Å². The second-order valence-electron chi connectivity index (χ2n) is 6.19. The highest BCUT2D eigenvalue weighted by Gasteiger charge is 2.36. The Balaban J connectivity index is 1.88. The Morgan fingerprint density at radius 3 is 2.83 bits per heavy atom. The van der Waals surface area contributed by atoms with E-state index in [4.69, 9.17) is 0 Å². The topological polar surface area (TPSA) is 58.4 Å². The van der Waals surface area contributed by atoms with Gasteiger partial charge in [-0.05, 0) is 44.0 Å². The Labute approximate surface area is 134 Å². The number of aliphatic hydroxyl groups is 1. The standard InChI is InChI=1S/C17H20FN3O2/c1-11(2)21-7-6-15(19-21)17(23)20-10-14(22)9-16(20)12-4-3-5-13(18)8-12/h3-8,11,14,16,22H,9-10H2,1-2H3/t14-,16-/m0/s1. The second kappa shape index (κ2) is 6.12. The number of carbonyl (C=O) groups excluding carboxylic acids is 1. The van der Waals surface area contributed by atoms with Gasteiger partial charge >= 0.3 is 0 Å². The molecular formula is C17H20FN3O2. The van der Waals surface area contributed by atoms with Crippen LogP contribution < -0.4 is 0 Å². The lowest BCUT2D eigenvalue weighted by Gasteiger charge is -2.24. The summed E-state index contributed by atoms with van der Waals surface area (Å²) in [6.07, 6.45) is 1.56. The number of hydrogen-bond acceptors (Lipinski definition) is 3. The van der Waals surface area contributed by atoms with Crippen LogP contribution in [0.15, 0.2) is 36.5 Å². The molecule has 0 aliphatic carbocycles. The van der Waals surface area contributed by atoms with Crippen molar-refractivity contribution in [2.24, 2.45) is 0 Å². The van der Waals surface area contributed by atoms with Crippen LogP contribution in [0.3, 0.4) is 0 Å². The normalized spacial score (nSPS) is 21.2. The number of nitrogens with zero attached hydrogens (tertiary/aromatic N) is 3. The van der Waals surface area contributed by atoms with E-state index in [9.17, 15) is 14.3 Å². The highest BCUT2D eigenvalue weighted by Crippen LogP contribution is 2.33. The molecule has 1 amide bonds. The van der Waals surface area contributed by atoms with Gasteiger partial charge in [-0.25, -0.2) is 4.39 Å². The van der Waals surface area contributed by atoms with Crippen LogP contribution in [0.2, 0.25) is 0 Å². The Kier molecular flexibility index (Phi) is 4.17. The molecule has 122 valence electrons. The van der Waals surface area contributed by atoms with Gasteiger partial charge in [0.2, 0.25) is 0 Å². The Morgan fingerprint density at radius 1 is 1.39 bits per heavy atom. The predicted octanol–water partition coefficient (Wildman–Crippen LogP) is 2.55. The van der Waals surface area contributed by atoms with Gasteiger partial charge in [0.1, 0.15) is 11.5 Å². The van der Waals surface area contributed by atoms with E-state index in [1.807, 2.05) is 13.8 Å². The predicted molar refractivity (Wildman–Crippen MR) is 83.4 cm³/mol. The van der Waals surface area contributed by atoms with Gasteiger partial charge in [-0.1, -0.05) is 12.1 Å². The number of halogens is 1. The number of aromatic nitrogens is 2. The van der Waals surface area contributed by atoms with Gasteiger partial charge in [0.15, 0.2) is 0 Å². The zero-order chi connectivity index (χ0) is 16.6. The minimum atomic E-state index is -0.612. The van der Waals surface area contributed by atoms with E-state index in [-0.39, 0.29) is 30.4 Å². The zero-order valence-corrected chi connectivity index (χ0v) is 13.2. The first-order chi connectivity index (χ1) is 11.0. The maximum absolute atomic E-state index is 13.5. The number of benzene rings is 1. The smallest absolute Gasteiger partial charge is 0.274 e. The number of aliphatic hydroxyl groups excluding tert-OH is 1. The number of amides is 1. The van der Waals surface area contributed by atoms with Crippen molar-refractivity contribution in [2.45, 2.75) is 38.5 Å². The van der Waals surface area contributed by atoms with Crippen LogP contribution >= 0.6 is 0 Å². The lowest BCUT2D eigenvalue weighted by molar-refractivity contribution is 0.0708. The maximum atomic E-state index is 13.5. The third kappa shape index (κ3) is 3.12. The van der Waals surface area contributed by atoms with Gasteiger partial charge in [-0.15, -0.1) is 0 Å². The molecule has 0 spiro atoms. The van der Waals surface area contributed by atoms with E-state index in [1.165, 1.54) is 12.1 Å². The molecule has 6 heteroatoms. The summed E-state index contributed by atoms with van der Waals surface area (Å²) in [5.74, 6) is -0.587. The van der Waals surface area contributed by atoms with E-state index >= 15 is 0 Å². The molecule has 1 aliphatic heterocycles. The summed E-state index contributed by atoms with van der Waals surface area (Å²) in [7, 11) is 0. The maximum Gasteiger partial charge on any atom is 0.274 e. The Morgan fingerprint density at radius 2 is 2.17 bits per heavy atom. The highest BCUT2D eigenvalue weighted by molar-refractivity contribution is 5.92. The average molecular weight is 317 g/mol. The zero-order valence-electron chi connectivity index (χ0n) is 13.2. The third-order valence-electron chi connectivity index (χ3n) is 4.13. The van der Waals surface area contributed by atoms with Gasteiger partial charge in [0.05, 0.1) is 12.1 Å². The first kappa shape index (κ1) is 15.7. The fourth-order valence-corrected chi connectivity index (χ4v) is 2.95. The van der Waals surface area contributed by atoms with Crippen molar-refractivity contribution < 1.29 is 14.3 Å². The van der Waals surface area contributed by atoms with Crippen LogP contribution in [-0.4, -0.2) is 38.3 Å². The molecule has 1 aliphatic rings. The van der Waals surface area contributed by atoms with E-state index in [0.29, 0.717) is 17.7 Å². The van der Waals surface area contributed by atoms with Gasteiger partial charge in [0.25, 0.3) is 5.91 Å². The number of rotatable bonds is 3. The van der Waals surface area contributed by atoms with Crippen LogP contribution in [0.1, 0.15) is 48.4 Å². The summed E-state index contributed by atoms with van der Waals surface area (Å²) in [6, 6.07) is 7.68. The summed E-state index contributed by atoms with van der Waals surface area (Å²) in [6.45, 7) is 4.20. The molecule has 2 aromatic rings. The molecule has 1 saturated heterocycles. The summed E-state index contributed by atoms with van der Waals surface area (Å²) in [5, 5.41) is 14.3. The first-order valence-electron chi connectivity index (χ1n) is 7.75. The quantitative estimate of drug-likeness (QED) is 0.946. The van der Waals surface area contributed by atoms with Crippen molar-refractivity contribution in [1.29, 1.82) is 0 Å². The molecule has 0 radical (unpaired) electrons. The molecule has 0 saturated carbocycles. The van der Waals surface area contributed by atoms with Gasteiger partial charge in [-0.2, -0.15) is 5.10 Å². The fourth-order valence-electron chi connectivity index (χ4n) is 2.95. The van der Waals surface area contributed by atoms with Gasteiger partial charge < -0.3 is 10.0 Å². The van der Waals surface area contributed by atoms with Crippen LogP contribution in [0.4, 0.5) is 4.39 Å². The third-order valence-corrected chi connectivity index (χ3v) is 4.13. The van der Waals surface area contributed by atoms with Crippen molar-refractivity contribution >= 4 is 5.91 Å². The molecule has 1 fully saturated rings. The highest BCUT2D eigenvalue weighted by atomic mass is 19.1. The SMILES string of the molecule is CC(C)n1ccc(C(=O)N2C[C@@H](O)C[C@H]2c2cccc(F)c2)n1. The minimum Gasteiger partial charge on any atom is -0.391 e. The van der Waals surface area contributed by atoms with Gasteiger partial charge in [0, 0.05) is 18.8 Å². The molecule has 1 N–H and O–H groups in total. The molecular weight excluding hydrogens is 297 g/mol. The van der Waals surface area contributed by atoms with Crippen LogP contribution in [0.25, 0.3) is 0 Å². The monoisotopic (exact) mass is 317 g/mol. The van der Waals surface area contributed by atoms with E-state index in [0.717, 1.165) is 0 Å². The summed E-state index contributed by atoms with van der Waals surface area (Å²) >= 11 is 0. The van der Waals surface area contributed by atoms with Crippen LogP contribution in [0.5, 0.6) is 0 Å². The molecule has 0 unspecified atom stereocenters. The van der Waals surface area contributed by atoms with Crippen LogP contribution in [-0.2, 0) is 0 Å². The van der Waals surface area contributed by atoms with E-state index < -0.39 is 6.10 Å². The van der Waals surface area contributed by atoms with Crippen molar-refractivity contribution in [3.8, 4) is 0 Å². The van der Waals surface area contributed by atoms with E-state index in [1.54, 1.807) is 34.0 Å². The van der Waals surface area contributed by atoms with Crippen molar-refractivity contribution in [3.63, 3.8) is 0 Å². The lowest BCUT2D eigenvalue weighted by Crippen LogP contribution is -2.32. The Hall–Kier alpha value is -2.21. The van der Waals surface area contributed by atoms with Crippen molar-refractivity contribution in [3.05, 3.63) is 53.6 Å². The number of hydrogen-bond donors (Lipinski definition) is 1. The molecule has 3 rings (SSSR count). The molecule has 5 nitrogen and oxygen atoms in total. The van der Waals surface area contributed by atoms with Crippen LogP contribution in [0, 0.1) is 5.82 Å². The second-order valence-corrected chi connectivity index (χ2v) is 6.19. The number of carbonyl (C=O) groups is 1. The fraction of sp³-hybridized carbons (Fsp3) is 0.412. The lowest BCUT2D eigenvalue weighted by atomic mass is 10.0. The number of likely N-dealkylation sites (tertiary alicyclic amines) is 1. The Bertz CT molecular complexity index is 713. The van der Waals surface area contributed by atoms with E-state index in [2.05, 4.69) is 5.10 Å². The summed E-state index contributed by atoms with van der Waals surface area (Å²) in [4.78, 5) is 14.3. The average Bonchev–Trinajstić information content (AvgIpc) is 3.13. The largest absolute Gasteiger partial charge is 0.391 e. The first-order valence-corrected chi connectivity index (χ1v) is 7.75. The number of β-amino-alcohol motifs (C(OH)–C–C–N with tert-alkyl or cyclic N) is 1. The molecule has 1 aromatic heterocycles. The summed E-state index contributed by atoms with van der Waals surface area (Å²) in [5.41, 5.74) is 1.03.